The van der Waals surface area contributed by atoms with E-state index in [1.165, 1.54) is 4.90 Å². The minimum Gasteiger partial charge on any atom is -0.507 e. The van der Waals surface area contributed by atoms with Crippen molar-refractivity contribution in [2.24, 2.45) is 0 Å². The number of ether oxygens (including phenoxy) is 3. The number of carbonyl (C=O) groups excluding carboxylic acids is 2. The normalized spacial score (nSPS) is 17.3. The van der Waals surface area contributed by atoms with E-state index in [0.717, 1.165) is 0 Å². The van der Waals surface area contributed by atoms with Crippen LogP contribution in [0.15, 0.2) is 66.8 Å². The topological polar surface area (TPSA) is 85.3 Å². The Balaban J connectivity index is 2.02. The van der Waals surface area contributed by atoms with Gasteiger partial charge in [-0.25, -0.2) is 0 Å². The molecule has 2 aromatic rings. The van der Waals surface area contributed by atoms with Crippen molar-refractivity contribution in [1.82, 2.24) is 4.90 Å². The van der Waals surface area contributed by atoms with E-state index in [9.17, 15) is 14.7 Å². The van der Waals surface area contributed by atoms with Crippen LogP contribution in [0.5, 0.6) is 11.5 Å². The molecule has 7 nitrogen and oxygen atoms in total. The lowest BCUT2D eigenvalue weighted by atomic mass is 9.95. The summed E-state index contributed by atoms with van der Waals surface area (Å²) in [4.78, 5) is 27.4. The molecule has 0 bridgehead atoms. The van der Waals surface area contributed by atoms with Gasteiger partial charge in [-0.1, -0.05) is 24.8 Å². The zero-order valence-electron chi connectivity index (χ0n) is 19.0. The zero-order valence-corrected chi connectivity index (χ0v) is 19.0. The number of rotatable bonds is 11. The van der Waals surface area contributed by atoms with Crippen LogP contribution in [0.2, 0.25) is 0 Å². The summed E-state index contributed by atoms with van der Waals surface area (Å²) in [6.45, 7) is 7.17. The summed E-state index contributed by atoms with van der Waals surface area (Å²) in [6, 6.07) is 13.2. The van der Waals surface area contributed by atoms with Gasteiger partial charge in [0.15, 0.2) is 0 Å². The molecule has 1 saturated heterocycles. The fourth-order valence-electron chi connectivity index (χ4n) is 3.77. The maximum atomic E-state index is 13.0. The Morgan fingerprint density at radius 1 is 1.06 bits per heavy atom. The Kier molecular flexibility index (Phi) is 8.27. The molecule has 0 saturated carbocycles. The number of benzene rings is 2. The van der Waals surface area contributed by atoms with Crippen molar-refractivity contribution in [2.75, 3.05) is 33.5 Å². The van der Waals surface area contributed by atoms with Gasteiger partial charge in [-0.3, -0.25) is 9.59 Å². The molecule has 0 radical (unpaired) electrons. The molecule has 1 atom stereocenters. The highest BCUT2D eigenvalue weighted by Crippen LogP contribution is 2.40. The van der Waals surface area contributed by atoms with E-state index in [1.54, 1.807) is 49.6 Å². The van der Waals surface area contributed by atoms with Gasteiger partial charge < -0.3 is 24.2 Å². The fraction of sp³-hybridized carbons (Fsp3) is 0.308. The van der Waals surface area contributed by atoms with Crippen molar-refractivity contribution in [2.45, 2.75) is 19.4 Å². The van der Waals surface area contributed by atoms with Gasteiger partial charge in [0.2, 0.25) is 0 Å². The molecule has 1 N–H and O–H groups in total. The standard InChI is InChI=1S/C26H29NO6/c1-4-16-33-21-13-9-19(10-14-21)24(28)22-23(18-7-11-20(12-8-18)32-5-2)27(15-6-17-31-3)26(30)25(22)29/h4,7-14,23,28H,1,5-6,15-17H2,2-3H3/b24-22+. The van der Waals surface area contributed by atoms with E-state index in [-0.39, 0.29) is 11.3 Å². The van der Waals surface area contributed by atoms with Crippen LogP contribution in [0.4, 0.5) is 0 Å². The average Bonchev–Trinajstić information content (AvgIpc) is 3.08. The Labute approximate surface area is 193 Å². The van der Waals surface area contributed by atoms with Gasteiger partial charge >= 0.3 is 0 Å². The minimum atomic E-state index is -0.714. The zero-order chi connectivity index (χ0) is 23.8. The van der Waals surface area contributed by atoms with Crippen molar-refractivity contribution in [3.05, 3.63) is 77.9 Å². The van der Waals surface area contributed by atoms with Crippen LogP contribution in [0.1, 0.15) is 30.5 Å². The Morgan fingerprint density at radius 2 is 1.70 bits per heavy atom. The number of methoxy groups -OCH3 is 1. The van der Waals surface area contributed by atoms with Crippen LogP contribution in [0, 0.1) is 0 Å². The maximum absolute atomic E-state index is 13.0. The Bertz CT molecular complexity index is 1010. The molecule has 174 valence electrons. The minimum absolute atomic E-state index is 0.0568. The highest BCUT2D eigenvalue weighted by atomic mass is 16.5. The third-order valence-electron chi connectivity index (χ3n) is 5.29. The summed E-state index contributed by atoms with van der Waals surface area (Å²) in [5.74, 6) is -0.285. The van der Waals surface area contributed by atoms with E-state index in [2.05, 4.69) is 6.58 Å². The van der Waals surface area contributed by atoms with Crippen molar-refractivity contribution in [1.29, 1.82) is 0 Å². The second-order valence-corrected chi connectivity index (χ2v) is 7.46. The van der Waals surface area contributed by atoms with Gasteiger partial charge in [0.25, 0.3) is 11.7 Å². The smallest absolute Gasteiger partial charge is 0.295 e. The molecule has 0 aliphatic carbocycles. The number of carbonyl (C=O) groups is 2. The van der Waals surface area contributed by atoms with Crippen LogP contribution in [-0.2, 0) is 14.3 Å². The molecule has 0 spiro atoms. The summed E-state index contributed by atoms with van der Waals surface area (Å²) < 4.78 is 16.1. The first-order valence-corrected chi connectivity index (χ1v) is 10.9. The first kappa shape index (κ1) is 24.1. The van der Waals surface area contributed by atoms with Crippen molar-refractivity contribution in [3.8, 4) is 11.5 Å². The molecule has 1 aliphatic rings. The van der Waals surface area contributed by atoms with E-state index in [4.69, 9.17) is 14.2 Å². The van der Waals surface area contributed by atoms with Gasteiger partial charge in [-0.2, -0.15) is 0 Å². The largest absolute Gasteiger partial charge is 0.507 e. The Hall–Kier alpha value is -3.58. The molecule has 0 aromatic heterocycles. The molecule has 1 unspecified atom stereocenters. The molecule has 3 rings (SSSR count). The molecule has 1 amide bonds. The second-order valence-electron chi connectivity index (χ2n) is 7.46. The quantitative estimate of drug-likeness (QED) is 0.182. The number of nitrogens with zero attached hydrogens (tertiary/aromatic N) is 1. The summed E-state index contributed by atoms with van der Waals surface area (Å²) in [6.07, 6.45) is 2.20. The first-order valence-electron chi connectivity index (χ1n) is 10.9. The van der Waals surface area contributed by atoms with Gasteiger partial charge in [0, 0.05) is 25.8 Å². The van der Waals surface area contributed by atoms with E-state index >= 15 is 0 Å². The monoisotopic (exact) mass is 451 g/mol. The number of Topliss-reactive ketones (excluding diaryl/α,β-unsaturated/α-hetero) is 1. The molecule has 1 aliphatic heterocycles. The SMILES string of the molecule is C=CCOc1ccc(/C(O)=C2\C(=O)C(=O)N(CCCOC)C2c2ccc(OCC)cc2)cc1. The van der Waals surface area contributed by atoms with E-state index in [0.29, 0.717) is 55.4 Å². The van der Waals surface area contributed by atoms with Gasteiger partial charge in [0.05, 0.1) is 18.2 Å². The summed E-state index contributed by atoms with van der Waals surface area (Å²) >= 11 is 0. The third-order valence-corrected chi connectivity index (χ3v) is 5.29. The molecular weight excluding hydrogens is 422 g/mol. The molecule has 1 heterocycles. The third kappa shape index (κ3) is 5.43. The lowest BCUT2D eigenvalue weighted by Crippen LogP contribution is -2.31. The average molecular weight is 452 g/mol. The van der Waals surface area contributed by atoms with E-state index < -0.39 is 17.7 Å². The summed E-state index contributed by atoms with van der Waals surface area (Å²) in [7, 11) is 1.58. The summed E-state index contributed by atoms with van der Waals surface area (Å²) in [5, 5.41) is 11.1. The molecule has 2 aromatic carbocycles. The molecule has 33 heavy (non-hydrogen) atoms. The lowest BCUT2D eigenvalue weighted by molar-refractivity contribution is -0.140. The van der Waals surface area contributed by atoms with Gasteiger partial charge in [0.1, 0.15) is 23.9 Å². The van der Waals surface area contributed by atoms with E-state index in [1.807, 2.05) is 19.1 Å². The van der Waals surface area contributed by atoms with Crippen LogP contribution < -0.4 is 9.47 Å². The molecular formula is C26H29NO6. The van der Waals surface area contributed by atoms with Crippen LogP contribution >= 0.6 is 0 Å². The summed E-state index contributed by atoms with van der Waals surface area (Å²) in [5.41, 5.74) is 1.19. The Morgan fingerprint density at radius 3 is 2.30 bits per heavy atom. The molecule has 7 heteroatoms. The first-order chi connectivity index (χ1) is 16.0. The van der Waals surface area contributed by atoms with Crippen LogP contribution in [-0.4, -0.2) is 55.2 Å². The van der Waals surface area contributed by atoms with Crippen molar-refractivity contribution in [3.63, 3.8) is 0 Å². The molecule has 1 fully saturated rings. The highest BCUT2D eigenvalue weighted by molar-refractivity contribution is 6.46. The van der Waals surface area contributed by atoms with Crippen LogP contribution in [0.3, 0.4) is 0 Å². The number of likely N-dealkylation sites (tertiary alicyclic amines) is 1. The maximum Gasteiger partial charge on any atom is 0.295 e. The highest BCUT2D eigenvalue weighted by Gasteiger charge is 2.45. The number of aliphatic hydroxyl groups is 1. The van der Waals surface area contributed by atoms with Gasteiger partial charge in [-0.15, -0.1) is 0 Å². The van der Waals surface area contributed by atoms with Crippen molar-refractivity contribution < 1.29 is 28.9 Å². The van der Waals surface area contributed by atoms with Crippen LogP contribution in [0.25, 0.3) is 5.76 Å². The number of ketones is 1. The second kappa shape index (κ2) is 11.3. The number of hydrogen-bond acceptors (Lipinski definition) is 6. The number of hydrogen-bond donors (Lipinski definition) is 1. The number of aliphatic hydroxyl groups excluding tert-OH is 1. The lowest BCUT2D eigenvalue weighted by Gasteiger charge is -2.25. The van der Waals surface area contributed by atoms with Gasteiger partial charge in [-0.05, 0) is 55.3 Å². The number of amides is 1. The van der Waals surface area contributed by atoms with Crippen molar-refractivity contribution >= 4 is 17.4 Å². The predicted molar refractivity (Wildman–Crippen MR) is 125 cm³/mol. The predicted octanol–water partition coefficient (Wildman–Crippen LogP) is 4.11. The fourth-order valence-corrected chi connectivity index (χ4v) is 3.77.